The summed E-state index contributed by atoms with van der Waals surface area (Å²) in [5, 5.41) is 3.14. The van der Waals surface area contributed by atoms with Crippen LogP contribution in [0.3, 0.4) is 0 Å². The highest BCUT2D eigenvalue weighted by molar-refractivity contribution is 5.97. The number of rotatable bonds is 0. The van der Waals surface area contributed by atoms with Crippen LogP contribution < -0.4 is 10.2 Å². The molecule has 0 bridgehead atoms. The van der Waals surface area contributed by atoms with Crippen LogP contribution in [0.2, 0.25) is 0 Å². The maximum atomic E-state index is 13.8. The Kier molecular flexibility index (Phi) is 2.37. The summed E-state index contributed by atoms with van der Waals surface area (Å²) in [5.74, 6) is -0.508. The van der Waals surface area contributed by atoms with Crippen LogP contribution in [-0.2, 0) is 4.79 Å². The Balaban J connectivity index is 2.62. The van der Waals surface area contributed by atoms with Gasteiger partial charge in [-0.15, -0.1) is 0 Å². The molecule has 3 nitrogen and oxygen atoms in total. The predicted octanol–water partition coefficient (Wildman–Crippen LogP) is 2.38. The number of carbonyl (C=O) groups is 1. The highest BCUT2D eigenvalue weighted by Gasteiger charge is 2.37. The minimum Gasteiger partial charge on any atom is -0.381 e. The van der Waals surface area contributed by atoms with Crippen molar-refractivity contribution in [1.82, 2.24) is 0 Å². The molecule has 0 aromatic heterocycles. The number of hydrogen-bond acceptors (Lipinski definition) is 2. The van der Waals surface area contributed by atoms with Crippen molar-refractivity contribution in [1.29, 1.82) is 0 Å². The molecule has 1 aromatic rings. The molecule has 1 aliphatic heterocycles. The fourth-order valence-corrected chi connectivity index (χ4v) is 2.16. The lowest BCUT2D eigenvalue weighted by Gasteiger charge is -2.43. The predicted molar refractivity (Wildman–Crippen MR) is 62.1 cm³/mol. The number of fused-ring (bicyclic) bond motifs is 1. The number of amides is 1. The standard InChI is InChI=1S/C12H15FN2O/c1-8(16)15-11-9(13)5-4-6-10(11)14-7-12(15,2)3/h4-6,14H,7H2,1-3H3. The van der Waals surface area contributed by atoms with E-state index in [9.17, 15) is 9.18 Å². The number of nitrogens with zero attached hydrogens (tertiary/aromatic N) is 1. The van der Waals surface area contributed by atoms with Gasteiger partial charge in [-0.2, -0.15) is 0 Å². The Labute approximate surface area is 94.3 Å². The summed E-state index contributed by atoms with van der Waals surface area (Å²) in [7, 11) is 0. The summed E-state index contributed by atoms with van der Waals surface area (Å²) < 4.78 is 13.8. The first-order valence-electron chi connectivity index (χ1n) is 5.27. The van der Waals surface area contributed by atoms with Gasteiger partial charge < -0.3 is 10.2 Å². The maximum absolute atomic E-state index is 13.8. The summed E-state index contributed by atoms with van der Waals surface area (Å²) >= 11 is 0. The van der Waals surface area contributed by atoms with Gasteiger partial charge in [0.2, 0.25) is 5.91 Å². The van der Waals surface area contributed by atoms with Crippen molar-refractivity contribution in [2.45, 2.75) is 26.3 Å². The van der Waals surface area contributed by atoms with Gasteiger partial charge in [0.25, 0.3) is 0 Å². The molecule has 16 heavy (non-hydrogen) atoms. The molecule has 1 aromatic carbocycles. The summed E-state index contributed by atoms with van der Waals surface area (Å²) in [4.78, 5) is 13.2. The van der Waals surface area contributed by atoms with Crippen LogP contribution in [-0.4, -0.2) is 18.0 Å². The van der Waals surface area contributed by atoms with Crippen LogP contribution in [0.5, 0.6) is 0 Å². The number of hydrogen-bond donors (Lipinski definition) is 1. The zero-order valence-electron chi connectivity index (χ0n) is 9.67. The molecule has 0 saturated heterocycles. The van der Waals surface area contributed by atoms with E-state index in [2.05, 4.69) is 5.32 Å². The van der Waals surface area contributed by atoms with Crippen molar-refractivity contribution in [3.8, 4) is 0 Å². The van der Waals surface area contributed by atoms with Gasteiger partial charge in [-0.1, -0.05) is 6.07 Å². The number of nitrogens with one attached hydrogen (secondary N) is 1. The molecule has 1 heterocycles. The van der Waals surface area contributed by atoms with E-state index in [-0.39, 0.29) is 11.7 Å². The van der Waals surface area contributed by atoms with Gasteiger partial charge >= 0.3 is 0 Å². The lowest BCUT2D eigenvalue weighted by Crippen LogP contribution is -2.54. The average molecular weight is 222 g/mol. The monoisotopic (exact) mass is 222 g/mol. The largest absolute Gasteiger partial charge is 0.381 e. The highest BCUT2D eigenvalue weighted by atomic mass is 19.1. The minimum atomic E-state index is -0.416. The van der Waals surface area contributed by atoms with Crippen molar-refractivity contribution < 1.29 is 9.18 Å². The van der Waals surface area contributed by atoms with Crippen molar-refractivity contribution in [3.63, 3.8) is 0 Å². The van der Waals surface area contributed by atoms with Gasteiger partial charge in [0.05, 0.1) is 11.2 Å². The molecule has 0 fully saturated rings. The van der Waals surface area contributed by atoms with Crippen molar-refractivity contribution in [3.05, 3.63) is 24.0 Å². The van der Waals surface area contributed by atoms with E-state index in [4.69, 9.17) is 0 Å². The quantitative estimate of drug-likeness (QED) is 0.731. The second kappa shape index (κ2) is 3.47. The number of para-hydroxylation sites is 1. The average Bonchev–Trinajstić information content (AvgIpc) is 2.17. The molecule has 1 amide bonds. The Bertz CT molecular complexity index is 443. The SMILES string of the molecule is CC(=O)N1c2c(F)cccc2NCC1(C)C. The van der Waals surface area contributed by atoms with E-state index in [1.165, 1.54) is 17.9 Å². The van der Waals surface area contributed by atoms with Crippen LogP contribution in [0.25, 0.3) is 0 Å². The first-order valence-corrected chi connectivity index (χ1v) is 5.27. The highest BCUT2D eigenvalue weighted by Crippen LogP contribution is 2.37. The van der Waals surface area contributed by atoms with Gasteiger partial charge in [0.15, 0.2) is 0 Å². The third-order valence-corrected chi connectivity index (χ3v) is 2.84. The molecule has 4 heteroatoms. The molecule has 0 saturated carbocycles. The second-order valence-electron chi connectivity index (χ2n) is 4.66. The van der Waals surface area contributed by atoms with Crippen molar-refractivity contribution >= 4 is 17.3 Å². The lowest BCUT2D eigenvalue weighted by molar-refractivity contribution is -0.117. The van der Waals surface area contributed by atoms with E-state index in [0.717, 1.165) is 0 Å². The fourth-order valence-electron chi connectivity index (χ4n) is 2.16. The Hall–Kier alpha value is -1.58. The first-order chi connectivity index (χ1) is 7.43. The smallest absolute Gasteiger partial charge is 0.224 e. The Morgan fingerprint density at radius 1 is 1.50 bits per heavy atom. The minimum absolute atomic E-state index is 0.141. The summed E-state index contributed by atoms with van der Waals surface area (Å²) in [6.45, 7) is 5.90. The van der Waals surface area contributed by atoms with E-state index >= 15 is 0 Å². The normalized spacial score (nSPS) is 17.6. The van der Waals surface area contributed by atoms with Crippen LogP contribution in [0.4, 0.5) is 15.8 Å². The fraction of sp³-hybridized carbons (Fsp3) is 0.417. The molecule has 0 atom stereocenters. The zero-order valence-corrected chi connectivity index (χ0v) is 9.67. The molecular formula is C12H15FN2O. The molecule has 0 aliphatic carbocycles. The van der Waals surface area contributed by atoms with E-state index in [1.807, 2.05) is 13.8 Å². The van der Waals surface area contributed by atoms with Gasteiger partial charge in [-0.25, -0.2) is 4.39 Å². The van der Waals surface area contributed by atoms with Gasteiger partial charge in [-0.05, 0) is 26.0 Å². The number of halogens is 1. The van der Waals surface area contributed by atoms with Crippen LogP contribution in [0.1, 0.15) is 20.8 Å². The molecular weight excluding hydrogens is 207 g/mol. The van der Waals surface area contributed by atoms with E-state index < -0.39 is 5.54 Å². The van der Waals surface area contributed by atoms with Crippen LogP contribution in [0.15, 0.2) is 18.2 Å². The first kappa shape index (κ1) is 10.9. The summed E-state index contributed by atoms with van der Waals surface area (Å²) in [6, 6.07) is 4.79. The Morgan fingerprint density at radius 3 is 2.81 bits per heavy atom. The van der Waals surface area contributed by atoms with Crippen LogP contribution in [0, 0.1) is 5.82 Å². The van der Waals surface area contributed by atoms with Gasteiger partial charge in [0.1, 0.15) is 11.5 Å². The number of carbonyl (C=O) groups excluding carboxylic acids is 1. The zero-order chi connectivity index (χ0) is 11.9. The van der Waals surface area contributed by atoms with Gasteiger partial charge in [0, 0.05) is 13.5 Å². The van der Waals surface area contributed by atoms with Gasteiger partial charge in [-0.3, -0.25) is 4.79 Å². The maximum Gasteiger partial charge on any atom is 0.224 e. The number of anilines is 2. The van der Waals surface area contributed by atoms with Crippen molar-refractivity contribution in [2.75, 3.05) is 16.8 Å². The van der Waals surface area contributed by atoms with E-state index in [1.54, 1.807) is 12.1 Å². The molecule has 0 spiro atoms. The number of benzene rings is 1. The summed E-state index contributed by atoms with van der Waals surface area (Å²) in [5.41, 5.74) is 0.613. The third-order valence-electron chi connectivity index (χ3n) is 2.84. The van der Waals surface area contributed by atoms with Crippen molar-refractivity contribution in [2.24, 2.45) is 0 Å². The lowest BCUT2D eigenvalue weighted by atomic mass is 9.97. The molecule has 86 valence electrons. The second-order valence-corrected chi connectivity index (χ2v) is 4.66. The molecule has 1 aliphatic rings. The molecule has 2 rings (SSSR count). The third kappa shape index (κ3) is 1.54. The summed E-state index contributed by atoms with van der Waals surface area (Å²) in [6.07, 6.45) is 0. The molecule has 0 radical (unpaired) electrons. The molecule has 1 N–H and O–H groups in total. The van der Waals surface area contributed by atoms with E-state index in [0.29, 0.717) is 17.9 Å². The van der Waals surface area contributed by atoms with Crippen LogP contribution >= 0.6 is 0 Å². The Morgan fingerprint density at radius 2 is 2.19 bits per heavy atom. The topological polar surface area (TPSA) is 32.3 Å². The molecule has 0 unspecified atom stereocenters.